The first kappa shape index (κ1) is 8.19. The van der Waals surface area contributed by atoms with Crippen LogP contribution < -0.4 is 5.32 Å². The third kappa shape index (κ3) is 1.53. The van der Waals surface area contributed by atoms with E-state index < -0.39 is 0 Å². The van der Waals surface area contributed by atoms with E-state index in [1.807, 2.05) is 6.20 Å². The van der Waals surface area contributed by atoms with E-state index in [2.05, 4.69) is 27.2 Å². The van der Waals surface area contributed by atoms with Crippen molar-refractivity contribution in [2.75, 3.05) is 6.54 Å². The second-order valence-electron chi connectivity index (χ2n) is 2.85. The number of fused-ring (bicyclic) bond motifs is 1. The lowest BCUT2D eigenvalue weighted by Gasteiger charge is -1.97. The molecule has 0 aromatic carbocycles. The average molecular weight is 176 g/mol. The van der Waals surface area contributed by atoms with Crippen LogP contribution in [0.15, 0.2) is 18.6 Å². The fourth-order valence-electron chi connectivity index (χ4n) is 1.30. The molecule has 0 saturated carbocycles. The molecule has 0 bridgehead atoms. The minimum absolute atomic E-state index is 0.842. The molecule has 0 fully saturated rings. The van der Waals surface area contributed by atoms with Crippen LogP contribution in [0.5, 0.6) is 0 Å². The summed E-state index contributed by atoms with van der Waals surface area (Å²) < 4.78 is 0. The summed E-state index contributed by atoms with van der Waals surface area (Å²) in [5.41, 5.74) is 2.99. The summed E-state index contributed by atoms with van der Waals surface area (Å²) >= 11 is 0. The minimum Gasteiger partial charge on any atom is -0.344 e. The Hall–Kier alpha value is -1.42. The van der Waals surface area contributed by atoms with Gasteiger partial charge in [-0.3, -0.25) is 4.98 Å². The molecule has 2 aromatic rings. The lowest BCUT2D eigenvalue weighted by Crippen LogP contribution is -2.11. The van der Waals surface area contributed by atoms with Crippen molar-refractivity contribution in [3.63, 3.8) is 0 Å². The molecule has 0 atom stereocenters. The zero-order chi connectivity index (χ0) is 9.10. The predicted octanol–water partition coefficient (Wildman–Crippen LogP) is 1.07. The molecule has 0 radical (unpaired) electrons. The SMILES string of the molecule is CCNCc1c[nH]c2nccnc12. The summed E-state index contributed by atoms with van der Waals surface area (Å²) in [5.74, 6) is 0. The van der Waals surface area contributed by atoms with Crippen molar-refractivity contribution in [3.8, 4) is 0 Å². The Bertz CT molecular complexity index is 393. The van der Waals surface area contributed by atoms with Crippen molar-refractivity contribution in [2.24, 2.45) is 0 Å². The fourth-order valence-corrected chi connectivity index (χ4v) is 1.30. The van der Waals surface area contributed by atoms with Gasteiger partial charge in [-0.1, -0.05) is 6.92 Å². The molecular weight excluding hydrogens is 164 g/mol. The lowest BCUT2D eigenvalue weighted by molar-refractivity contribution is 0.729. The normalized spacial score (nSPS) is 10.8. The lowest BCUT2D eigenvalue weighted by atomic mass is 10.3. The average Bonchev–Trinajstić information content (AvgIpc) is 2.58. The number of nitrogens with one attached hydrogen (secondary N) is 2. The summed E-state index contributed by atoms with van der Waals surface area (Å²) in [4.78, 5) is 11.5. The number of rotatable bonds is 3. The monoisotopic (exact) mass is 176 g/mol. The predicted molar refractivity (Wildman–Crippen MR) is 51.3 cm³/mol. The van der Waals surface area contributed by atoms with E-state index in [1.165, 1.54) is 5.56 Å². The molecule has 13 heavy (non-hydrogen) atoms. The molecule has 0 aliphatic rings. The molecule has 4 nitrogen and oxygen atoms in total. The highest BCUT2D eigenvalue weighted by Crippen LogP contribution is 2.11. The fraction of sp³-hybridized carbons (Fsp3) is 0.333. The van der Waals surface area contributed by atoms with E-state index >= 15 is 0 Å². The number of nitrogens with zero attached hydrogens (tertiary/aromatic N) is 2. The smallest absolute Gasteiger partial charge is 0.156 e. The zero-order valence-electron chi connectivity index (χ0n) is 7.54. The Balaban J connectivity index is 2.35. The Morgan fingerprint density at radius 1 is 1.38 bits per heavy atom. The van der Waals surface area contributed by atoms with Crippen LogP contribution in [-0.2, 0) is 6.54 Å². The molecule has 0 aliphatic heterocycles. The van der Waals surface area contributed by atoms with Gasteiger partial charge in [0.1, 0.15) is 5.52 Å². The molecule has 2 heterocycles. The third-order valence-corrected chi connectivity index (χ3v) is 1.95. The van der Waals surface area contributed by atoms with Gasteiger partial charge in [-0.25, -0.2) is 4.98 Å². The Labute approximate surface area is 76.4 Å². The molecule has 0 amide bonds. The maximum Gasteiger partial charge on any atom is 0.156 e. The summed E-state index contributed by atoms with van der Waals surface area (Å²) in [7, 11) is 0. The van der Waals surface area contributed by atoms with Gasteiger partial charge in [0.2, 0.25) is 0 Å². The van der Waals surface area contributed by atoms with Gasteiger partial charge in [0.05, 0.1) is 0 Å². The second-order valence-corrected chi connectivity index (χ2v) is 2.85. The van der Waals surface area contributed by atoms with Crippen LogP contribution in [0.1, 0.15) is 12.5 Å². The first-order chi connectivity index (χ1) is 6.42. The molecule has 0 unspecified atom stereocenters. The summed E-state index contributed by atoms with van der Waals surface area (Å²) in [6.07, 6.45) is 5.36. The van der Waals surface area contributed by atoms with Crippen molar-refractivity contribution in [1.29, 1.82) is 0 Å². The maximum absolute atomic E-state index is 4.26. The largest absolute Gasteiger partial charge is 0.344 e. The number of aromatic nitrogens is 3. The van der Waals surface area contributed by atoms with Crippen molar-refractivity contribution >= 4 is 11.2 Å². The standard InChI is InChI=1S/C9H12N4/c1-2-10-5-7-6-13-9-8(7)11-3-4-12-9/h3-4,6,10H,2,5H2,1H3,(H,12,13). The number of hydrogen-bond donors (Lipinski definition) is 2. The van der Waals surface area contributed by atoms with Gasteiger partial charge in [0.25, 0.3) is 0 Å². The van der Waals surface area contributed by atoms with Crippen molar-refractivity contribution in [1.82, 2.24) is 20.3 Å². The van der Waals surface area contributed by atoms with Crippen LogP contribution >= 0.6 is 0 Å². The minimum atomic E-state index is 0.842. The van der Waals surface area contributed by atoms with Gasteiger partial charge in [-0.15, -0.1) is 0 Å². The van der Waals surface area contributed by atoms with E-state index in [1.54, 1.807) is 12.4 Å². The van der Waals surface area contributed by atoms with Crippen LogP contribution in [0.2, 0.25) is 0 Å². The summed E-state index contributed by atoms with van der Waals surface area (Å²) in [6, 6.07) is 0. The van der Waals surface area contributed by atoms with Crippen molar-refractivity contribution < 1.29 is 0 Å². The highest BCUT2D eigenvalue weighted by atomic mass is 14.9. The van der Waals surface area contributed by atoms with Crippen molar-refractivity contribution in [3.05, 3.63) is 24.2 Å². The highest BCUT2D eigenvalue weighted by molar-refractivity contribution is 5.74. The van der Waals surface area contributed by atoms with Gasteiger partial charge >= 0.3 is 0 Å². The van der Waals surface area contributed by atoms with Crippen LogP contribution in [0.4, 0.5) is 0 Å². The van der Waals surface area contributed by atoms with E-state index in [0.29, 0.717) is 0 Å². The number of H-pyrrole nitrogens is 1. The van der Waals surface area contributed by atoms with Crippen LogP contribution in [0.25, 0.3) is 11.2 Å². The first-order valence-electron chi connectivity index (χ1n) is 4.39. The van der Waals surface area contributed by atoms with E-state index in [-0.39, 0.29) is 0 Å². The van der Waals surface area contributed by atoms with Gasteiger partial charge in [-0.05, 0) is 6.54 Å². The van der Waals surface area contributed by atoms with Crippen LogP contribution in [-0.4, -0.2) is 21.5 Å². The van der Waals surface area contributed by atoms with Crippen LogP contribution in [0, 0.1) is 0 Å². The molecular formula is C9H12N4. The third-order valence-electron chi connectivity index (χ3n) is 1.95. The molecule has 68 valence electrons. The summed E-state index contributed by atoms with van der Waals surface area (Å²) in [6.45, 7) is 3.89. The number of aromatic amines is 1. The molecule has 0 saturated heterocycles. The van der Waals surface area contributed by atoms with E-state index in [4.69, 9.17) is 0 Å². The first-order valence-corrected chi connectivity index (χ1v) is 4.39. The molecule has 4 heteroatoms. The van der Waals surface area contributed by atoms with Gasteiger partial charge in [0, 0.05) is 30.7 Å². The van der Waals surface area contributed by atoms with Gasteiger partial charge in [0.15, 0.2) is 5.65 Å². The maximum atomic E-state index is 4.26. The highest BCUT2D eigenvalue weighted by Gasteiger charge is 2.03. The molecule has 2 N–H and O–H groups in total. The van der Waals surface area contributed by atoms with Gasteiger partial charge < -0.3 is 10.3 Å². The molecule has 2 rings (SSSR count). The zero-order valence-corrected chi connectivity index (χ0v) is 7.54. The molecule has 2 aromatic heterocycles. The topological polar surface area (TPSA) is 53.6 Å². The quantitative estimate of drug-likeness (QED) is 0.735. The Kier molecular flexibility index (Phi) is 2.23. The van der Waals surface area contributed by atoms with E-state index in [0.717, 1.165) is 24.3 Å². The Morgan fingerprint density at radius 3 is 3.08 bits per heavy atom. The summed E-state index contributed by atoms with van der Waals surface area (Å²) in [5, 5.41) is 3.26. The second kappa shape index (κ2) is 3.53. The number of hydrogen-bond acceptors (Lipinski definition) is 3. The molecule has 0 aliphatic carbocycles. The van der Waals surface area contributed by atoms with Crippen molar-refractivity contribution in [2.45, 2.75) is 13.5 Å². The van der Waals surface area contributed by atoms with Crippen LogP contribution in [0.3, 0.4) is 0 Å². The van der Waals surface area contributed by atoms with E-state index in [9.17, 15) is 0 Å². The molecule has 0 spiro atoms. The Morgan fingerprint density at radius 2 is 2.23 bits per heavy atom. The van der Waals surface area contributed by atoms with Gasteiger partial charge in [-0.2, -0.15) is 0 Å².